The number of nitrogens with one attached hydrogen (secondary N) is 1. The molecule has 4 aliphatic carbocycles. The van der Waals surface area contributed by atoms with Gasteiger partial charge in [0.1, 0.15) is 6.61 Å². The van der Waals surface area contributed by atoms with Crippen molar-refractivity contribution in [2.45, 2.75) is 50.0 Å². The van der Waals surface area contributed by atoms with E-state index in [1.54, 1.807) is 4.90 Å². The number of benzene rings is 2. The maximum Gasteiger partial charge on any atom is 0.407 e. The molecular weight excluding hydrogens is 444 g/mol. The van der Waals surface area contributed by atoms with Crippen LogP contribution < -0.4 is 5.32 Å². The molecule has 0 aromatic heterocycles. The molecular formula is C28H30N2O5. The molecule has 35 heavy (non-hydrogen) atoms. The van der Waals surface area contributed by atoms with Gasteiger partial charge in [-0.2, -0.15) is 0 Å². The van der Waals surface area contributed by atoms with E-state index in [0.717, 1.165) is 38.5 Å². The smallest absolute Gasteiger partial charge is 0.407 e. The highest BCUT2D eigenvalue weighted by Crippen LogP contribution is 2.54. The van der Waals surface area contributed by atoms with Gasteiger partial charge in [-0.05, 0) is 60.8 Å². The van der Waals surface area contributed by atoms with E-state index in [1.807, 2.05) is 24.3 Å². The summed E-state index contributed by atoms with van der Waals surface area (Å²) < 4.78 is 5.78. The van der Waals surface area contributed by atoms with Crippen LogP contribution >= 0.6 is 0 Å². The van der Waals surface area contributed by atoms with Gasteiger partial charge in [0, 0.05) is 30.0 Å². The van der Waals surface area contributed by atoms with E-state index in [4.69, 9.17) is 9.84 Å². The maximum absolute atomic E-state index is 13.1. The van der Waals surface area contributed by atoms with Crippen molar-refractivity contribution in [1.82, 2.24) is 10.2 Å². The van der Waals surface area contributed by atoms with Gasteiger partial charge in [-0.15, -0.1) is 0 Å². The molecule has 7 rings (SSSR count). The van der Waals surface area contributed by atoms with E-state index < -0.39 is 17.3 Å². The van der Waals surface area contributed by atoms with Gasteiger partial charge in [0.25, 0.3) is 0 Å². The maximum atomic E-state index is 13.1. The average Bonchev–Trinajstić information content (AvgIpc) is 3.16. The molecule has 0 atom stereocenters. The molecule has 7 heteroatoms. The number of carboxylic acid groups (broad SMARTS) is 1. The van der Waals surface area contributed by atoms with Crippen LogP contribution in [0.1, 0.15) is 55.6 Å². The molecule has 2 aromatic rings. The van der Waals surface area contributed by atoms with Crippen LogP contribution in [0.15, 0.2) is 48.5 Å². The summed E-state index contributed by atoms with van der Waals surface area (Å²) >= 11 is 0. The summed E-state index contributed by atoms with van der Waals surface area (Å²) in [6, 6.07) is 16.6. The SMILES string of the molecule is O=C(NC12CCC(C(=O)N3CC(C(=O)O)C3)(CC1)CC2)OCC1c2ccccc2-c2ccccc21. The number of rotatable bonds is 5. The summed E-state index contributed by atoms with van der Waals surface area (Å²) in [4.78, 5) is 38.8. The van der Waals surface area contributed by atoms with Crippen LogP contribution in [0, 0.1) is 11.3 Å². The quantitative estimate of drug-likeness (QED) is 0.678. The zero-order chi connectivity index (χ0) is 24.2. The fourth-order valence-electron chi connectivity index (χ4n) is 6.68. The summed E-state index contributed by atoms with van der Waals surface area (Å²) in [5.74, 6) is -1.13. The van der Waals surface area contributed by atoms with Crippen molar-refractivity contribution in [1.29, 1.82) is 0 Å². The van der Waals surface area contributed by atoms with E-state index in [2.05, 4.69) is 29.6 Å². The first-order valence-electron chi connectivity index (χ1n) is 12.6. The van der Waals surface area contributed by atoms with Crippen LogP contribution in [0.5, 0.6) is 0 Å². The van der Waals surface area contributed by atoms with Crippen LogP contribution in [0.2, 0.25) is 0 Å². The molecule has 2 N–H and O–H groups in total. The number of aliphatic carboxylic acids is 1. The first kappa shape index (κ1) is 22.1. The number of likely N-dealkylation sites (tertiary alicyclic amines) is 1. The topological polar surface area (TPSA) is 95.9 Å². The monoisotopic (exact) mass is 474 g/mol. The number of ether oxygens (including phenoxy) is 1. The van der Waals surface area contributed by atoms with Crippen molar-refractivity contribution >= 4 is 18.0 Å². The van der Waals surface area contributed by atoms with Crippen LogP contribution in [0.3, 0.4) is 0 Å². The van der Waals surface area contributed by atoms with Gasteiger partial charge in [0.05, 0.1) is 5.92 Å². The number of carbonyl (C=O) groups excluding carboxylic acids is 2. The second kappa shape index (κ2) is 8.11. The minimum absolute atomic E-state index is 0.0276. The highest BCUT2D eigenvalue weighted by atomic mass is 16.5. The molecule has 182 valence electrons. The Bertz CT molecular complexity index is 1130. The lowest BCUT2D eigenvalue weighted by Gasteiger charge is -2.54. The normalized spacial score (nSPS) is 27.0. The summed E-state index contributed by atoms with van der Waals surface area (Å²) in [7, 11) is 0. The van der Waals surface area contributed by atoms with E-state index in [9.17, 15) is 14.4 Å². The third-order valence-corrected chi connectivity index (χ3v) is 8.93. The van der Waals surface area contributed by atoms with E-state index in [0.29, 0.717) is 13.1 Å². The lowest BCUT2D eigenvalue weighted by Crippen LogP contribution is -2.63. The Kier molecular flexibility index (Phi) is 5.13. The molecule has 1 aliphatic heterocycles. The third-order valence-electron chi connectivity index (χ3n) is 8.93. The van der Waals surface area contributed by atoms with Crippen molar-refractivity contribution < 1.29 is 24.2 Å². The van der Waals surface area contributed by atoms with Gasteiger partial charge in [0.15, 0.2) is 0 Å². The predicted octanol–water partition coefficient (Wildman–Crippen LogP) is 4.16. The number of hydrogen-bond donors (Lipinski definition) is 2. The Morgan fingerprint density at radius 1 is 0.886 bits per heavy atom. The average molecular weight is 475 g/mol. The van der Waals surface area contributed by atoms with Gasteiger partial charge >= 0.3 is 12.1 Å². The van der Waals surface area contributed by atoms with Crippen molar-refractivity contribution in [2.24, 2.45) is 11.3 Å². The first-order chi connectivity index (χ1) is 16.9. The van der Waals surface area contributed by atoms with E-state index >= 15 is 0 Å². The number of carboxylic acids is 1. The molecule has 0 spiro atoms. The third kappa shape index (κ3) is 3.60. The van der Waals surface area contributed by atoms with Crippen molar-refractivity contribution in [3.8, 4) is 11.1 Å². The fourth-order valence-corrected chi connectivity index (χ4v) is 6.68. The minimum Gasteiger partial charge on any atom is -0.481 e. The summed E-state index contributed by atoms with van der Waals surface area (Å²) in [6.07, 6.45) is 4.04. The van der Waals surface area contributed by atoms with Gasteiger partial charge < -0.3 is 20.1 Å². The first-order valence-corrected chi connectivity index (χ1v) is 12.6. The minimum atomic E-state index is -0.829. The molecule has 4 fully saturated rings. The number of amides is 2. The second-order valence-corrected chi connectivity index (χ2v) is 10.8. The Morgan fingerprint density at radius 2 is 1.43 bits per heavy atom. The lowest BCUT2D eigenvalue weighted by molar-refractivity contribution is -0.162. The summed E-state index contributed by atoms with van der Waals surface area (Å²) in [6.45, 7) is 0.927. The second-order valence-electron chi connectivity index (χ2n) is 10.8. The fraction of sp³-hybridized carbons (Fsp3) is 0.464. The highest BCUT2D eigenvalue weighted by Gasteiger charge is 2.55. The lowest BCUT2D eigenvalue weighted by atomic mass is 9.56. The van der Waals surface area contributed by atoms with Crippen molar-refractivity contribution in [3.05, 3.63) is 59.7 Å². The molecule has 1 saturated heterocycles. The number of alkyl carbamates (subject to hydrolysis) is 1. The Morgan fingerprint density at radius 3 is 1.97 bits per heavy atom. The van der Waals surface area contributed by atoms with Gasteiger partial charge in [-0.25, -0.2) is 4.79 Å². The Hall–Kier alpha value is -3.35. The molecule has 1 heterocycles. The van der Waals surface area contributed by atoms with Gasteiger partial charge in [0.2, 0.25) is 5.91 Å². The van der Waals surface area contributed by atoms with Crippen LogP contribution in [-0.2, 0) is 14.3 Å². The summed E-state index contributed by atoms with van der Waals surface area (Å²) in [5, 5.41) is 12.3. The summed E-state index contributed by atoms with van der Waals surface area (Å²) in [5.41, 5.74) is 4.07. The van der Waals surface area contributed by atoms with Crippen LogP contribution in [-0.4, -0.2) is 53.2 Å². The number of fused-ring (bicyclic) bond motifs is 6. The molecule has 3 saturated carbocycles. The van der Waals surface area contributed by atoms with Crippen LogP contribution in [0.4, 0.5) is 4.79 Å². The largest absolute Gasteiger partial charge is 0.481 e. The van der Waals surface area contributed by atoms with Gasteiger partial charge in [-0.1, -0.05) is 48.5 Å². The molecule has 5 aliphatic rings. The molecule has 0 radical (unpaired) electrons. The standard InChI is InChI=1S/C28H30N2O5/c31-24(32)18-15-30(16-18)25(33)27-9-12-28(13-10-27,14-11-27)29-26(34)35-17-23-21-7-3-1-5-19(21)20-6-2-4-8-22(20)23/h1-8,18,23H,9-17H2,(H,29,34)(H,31,32). The zero-order valence-corrected chi connectivity index (χ0v) is 19.7. The zero-order valence-electron chi connectivity index (χ0n) is 19.7. The number of hydrogen-bond acceptors (Lipinski definition) is 4. The molecule has 2 bridgehead atoms. The molecule has 7 nitrogen and oxygen atoms in total. The molecule has 0 unspecified atom stereocenters. The Balaban J connectivity index is 1.06. The van der Waals surface area contributed by atoms with Crippen molar-refractivity contribution in [3.63, 3.8) is 0 Å². The number of carbonyl (C=O) groups is 3. The predicted molar refractivity (Wildman–Crippen MR) is 129 cm³/mol. The molecule has 2 amide bonds. The highest BCUT2D eigenvalue weighted by molar-refractivity contribution is 5.86. The van der Waals surface area contributed by atoms with E-state index in [1.165, 1.54) is 22.3 Å². The molecule has 2 aromatic carbocycles. The van der Waals surface area contributed by atoms with E-state index in [-0.39, 0.29) is 30.1 Å². The van der Waals surface area contributed by atoms with Crippen LogP contribution in [0.25, 0.3) is 11.1 Å². The Labute approximate surface area is 204 Å². The van der Waals surface area contributed by atoms with Crippen molar-refractivity contribution in [2.75, 3.05) is 19.7 Å². The number of nitrogens with zero attached hydrogens (tertiary/aromatic N) is 1. The van der Waals surface area contributed by atoms with Gasteiger partial charge in [-0.3, -0.25) is 9.59 Å².